The van der Waals surface area contributed by atoms with E-state index in [0.717, 1.165) is 6.42 Å². The van der Waals surface area contributed by atoms with Crippen LogP contribution in [-0.4, -0.2) is 47.6 Å². The summed E-state index contributed by atoms with van der Waals surface area (Å²) in [7, 11) is 0. The van der Waals surface area contributed by atoms with Crippen molar-refractivity contribution >= 4 is 29.2 Å². The van der Waals surface area contributed by atoms with Crippen LogP contribution in [0.1, 0.15) is 19.8 Å². The molecule has 1 aromatic rings. The van der Waals surface area contributed by atoms with Gasteiger partial charge in [0, 0.05) is 12.2 Å². The Morgan fingerprint density at radius 1 is 1.55 bits per heavy atom. The van der Waals surface area contributed by atoms with E-state index in [4.69, 9.17) is 16.7 Å². The maximum absolute atomic E-state index is 13.6. The summed E-state index contributed by atoms with van der Waals surface area (Å²) in [5, 5.41) is 8.98. The quantitative estimate of drug-likeness (QED) is 0.871. The van der Waals surface area contributed by atoms with Gasteiger partial charge in [0.15, 0.2) is 0 Å². The lowest BCUT2D eigenvalue weighted by atomic mass is 10.2. The molecule has 7 heteroatoms. The van der Waals surface area contributed by atoms with E-state index in [1.54, 1.807) is 11.0 Å². The Balaban J connectivity index is 2.16. The molecular weight excluding hydrogens is 311 g/mol. The number of hydrogen-bond acceptors (Lipinski definition) is 3. The van der Waals surface area contributed by atoms with Crippen molar-refractivity contribution in [1.82, 2.24) is 4.90 Å². The van der Waals surface area contributed by atoms with Crippen LogP contribution in [-0.2, 0) is 9.59 Å². The van der Waals surface area contributed by atoms with Crippen molar-refractivity contribution in [3.05, 3.63) is 29.0 Å². The zero-order valence-corrected chi connectivity index (χ0v) is 13.0. The molecule has 2 rings (SSSR count). The number of benzene rings is 1. The Bertz CT molecular complexity index is 582. The van der Waals surface area contributed by atoms with Crippen LogP contribution in [0.2, 0.25) is 5.02 Å². The van der Waals surface area contributed by atoms with Crippen molar-refractivity contribution < 1.29 is 19.1 Å². The van der Waals surface area contributed by atoms with Gasteiger partial charge in [-0.25, -0.2) is 4.39 Å². The number of carbonyl (C=O) groups is 2. The summed E-state index contributed by atoms with van der Waals surface area (Å²) in [5.41, 5.74) is 0.446. The molecule has 120 valence electrons. The largest absolute Gasteiger partial charge is 0.480 e. The van der Waals surface area contributed by atoms with Crippen molar-refractivity contribution in [2.45, 2.75) is 25.8 Å². The number of hydrogen-bond donors (Lipinski definition) is 1. The predicted octanol–water partition coefficient (Wildman–Crippen LogP) is 2.38. The molecule has 0 radical (unpaired) electrons. The minimum Gasteiger partial charge on any atom is -0.480 e. The maximum atomic E-state index is 13.6. The van der Waals surface area contributed by atoms with Crippen LogP contribution >= 0.6 is 11.6 Å². The van der Waals surface area contributed by atoms with Crippen LogP contribution in [0.15, 0.2) is 18.2 Å². The van der Waals surface area contributed by atoms with E-state index in [-0.39, 0.29) is 17.5 Å². The van der Waals surface area contributed by atoms with Crippen molar-refractivity contribution in [2.75, 3.05) is 24.5 Å². The summed E-state index contributed by atoms with van der Waals surface area (Å²) >= 11 is 5.65. The first-order valence-corrected chi connectivity index (χ1v) is 7.54. The molecule has 22 heavy (non-hydrogen) atoms. The number of nitrogens with zero attached hydrogens (tertiary/aromatic N) is 2. The van der Waals surface area contributed by atoms with E-state index in [2.05, 4.69) is 0 Å². The average molecular weight is 329 g/mol. The standard InChI is InChI=1S/C15H18ClFN2O3/c1-2-6-18(9-14(20)21)13-5-7-19(15(13)22)10-3-4-11(16)12(17)8-10/h3-4,8,13H,2,5-7,9H2,1H3,(H,20,21). The molecule has 1 heterocycles. The fourth-order valence-electron chi connectivity index (χ4n) is 2.72. The second-order valence-electron chi connectivity index (χ2n) is 5.26. The van der Waals surface area contributed by atoms with E-state index < -0.39 is 17.8 Å². The van der Waals surface area contributed by atoms with Crippen LogP contribution in [0.3, 0.4) is 0 Å². The Morgan fingerprint density at radius 3 is 2.86 bits per heavy atom. The maximum Gasteiger partial charge on any atom is 0.317 e. The topological polar surface area (TPSA) is 60.9 Å². The molecule has 0 saturated carbocycles. The summed E-state index contributed by atoms with van der Waals surface area (Å²) in [4.78, 5) is 26.6. The Morgan fingerprint density at radius 2 is 2.27 bits per heavy atom. The van der Waals surface area contributed by atoms with E-state index in [1.165, 1.54) is 17.0 Å². The highest BCUT2D eigenvalue weighted by molar-refractivity contribution is 6.30. The molecule has 0 aromatic heterocycles. The highest BCUT2D eigenvalue weighted by atomic mass is 35.5. The lowest BCUT2D eigenvalue weighted by Crippen LogP contribution is -2.44. The van der Waals surface area contributed by atoms with Crippen LogP contribution in [0.4, 0.5) is 10.1 Å². The number of carboxylic acid groups (broad SMARTS) is 1. The number of carbonyl (C=O) groups excluding carboxylic acids is 1. The molecule has 1 unspecified atom stereocenters. The number of aliphatic carboxylic acids is 1. The average Bonchev–Trinajstić information content (AvgIpc) is 2.83. The third kappa shape index (κ3) is 3.56. The second-order valence-corrected chi connectivity index (χ2v) is 5.66. The van der Waals surface area contributed by atoms with Gasteiger partial charge in [-0.15, -0.1) is 0 Å². The number of amides is 1. The van der Waals surface area contributed by atoms with E-state index in [0.29, 0.717) is 25.2 Å². The van der Waals surface area contributed by atoms with Gasteiger partial charge in [-0.1, -0.05) is 18.5 Å². The molecule has 1 aliphatic heterocycles. The van der Waals surface area contributed by atoms with Gasteiger partial charge in [0.25, 0.3) is 0 Å². The molecule has 1 N–H and O–H groups in total. The molecule has 5 nitrogen and oxygen atoms in total. The Hall–Kier alpha value is -1.66. The van der Waals surface area contributed by atoms with Crippen LogP contribution in [0.5, 0.6) is 0 Å². The molecule has 1 fully saturated rings. The van der Waals surface area contributed by atoms with Crippen molar-refractivity contribution in [2.24, 2.45) is 0 Å². The van der Waals surface area contributed by atoms with Gasteiger partial charge in [-0.3, -0.25) is 14.5 Å². The zero-order chi connectivity index (χ0) is 16.3. The monoisotopic (exact) mass is 328 g/mol. The smallest absolute Gasteiger partial charge is 0.317 e. The van der Waals surface area contributed by atoms with E-state index in [1.807, 2.05) is 6.92 Å². The second kappa shape index (κ2) is 7.07. The first-order valence-electron chi connectivity index (χ1n) is 7.16. The summed E-state index contributed by atoms with van der Waals surface area (Å²) in [6.45, 7) is 2.73. The van der Waals surface area contributed by atoms with Crippen molar-refractivity contribution in [1.29, 1.82) is 0 Å². The first-order chi connectivity index (χ1) is 10.4. The summed E-state index contributed by atoms with van der Waals surface area (Å²) in [6.07, 6.45) is 1.28. The molecule has 1 saturated heterocycles. The van der Waals surface area contributed by atoms with Gasteiger partial charge in [0.1, 0.15) is 5.82 Å². The van der Waals surface area contributed by atoms with Crippen LogP contribution in [0.25, 0.3) is 0 Å². The van der Waals surface area contributed by atoms with Gasteiger partial charge in [-0.2, -0.15) is 0 Å². The SMILES string of the molecule is CCCN(CC(=O)O)C1CCN(c2ccc(Cl)c(F)c2)C1=O. The zero-order valence-electron chi connectivity index (χ0n) is 12.3. The number of halogens is 2. The van der Waals surface area contributed by atoms with Gasteiger partial charge < -0.3 is 10.0 Å². The Kier molecular flexibility index (Phi) is 5.37. The molecule has 0 spiro atoms. The molecule has 0 aliphatic carbocycles. The van der Waals surface area contributed by atoms with Crippen molar-refractivity contribution in [3.63, 3.8) is 0 Å². The third-order valence-corrected chi connectivity index (χ3v) is 3.99. The molecule has 1 atom stereocenters. The lowest BCUT2D eigenvalue weighted by Gasteiger charge is -2.26. The molecule has 1 aliphatic rings. The van der Waals surface area contributed by atoms with Gasteiger partial charge in [0.2, 0.25) is 5.91 Å². The van der Waals surface area contributed by atoms with Gasteiger partial charge in [-0.05, 0) is 37.6 Å². The fourth-order valence-corrected chi connectivity index (χ4v) is 2.84. The molecular formula is C15H18ClFN2O3. The lowest BCUT2D eigenvalue weighted by molar-refractivity contribution is -0.139. The number of carboxylic acids is 1. The molecule has 1 aromatic carbocycles. The predicted molar refractivity (Wildman–Crippen MR) is 81.7 cm³/mol. The number of rotatable bonds is 6. The first kappa shape index (κ1) is 16.7. The van der Waals surface area contributed by atoms with Crippen LogP contribution in [0, 0.1) is 5.82 Å². The minimum atomic E-state index is -0.961. The van der Waals surface area contributed by atoms with E-state index >= 15 is 0 Å². The van der Waals surface area contributed by atoms with Gasteiger partial charge >= 0.3 is 5.97 Å². The van der Waals surface area contributed by atoms with Crippen molar-refractivity contribution in [3.8, 4) is 0 Å². The Labute approximate surface area is 133 Å². The fraction of sp³-hybridized carbons (Fsp3) is 0.467. The highest BCUT2D eigenvalue weighted by Crippen LogP contribution is 2.27. The molecule has 0 bridgehead atoms. The summed E-state index contributed by atoms with van der Waals surface area (Å²) in [6, 6.07) is 3.75. The molecule has 1 amide bonds. The van der Waals surface area contributed by atoms with Crippen LogP contribution < -0.4 is 4.90 Å². The summed E-state index contributed by atoms with van der Waals surface area (Å²) < 4.78 is 13.6. The minimum absolute atomic E-state index is 0.00503. The summed E-state index contributed by atoms with van der Waals surface area (Å²) in [5.74, 6) is -1.74. The number of anilines is 1. The van der Waals surface area contributed by atoms with E-state index in [9.17, 15) is 14.0 Å². The normalized spacial score (nSPS) is 18.3. The highest BCUT2D eigenvalue weighted by Gasteiger charge is 2.37. The third-order valence-electron chi connectivity index (χ3n) is 3.68. The van der Waals surface area contributed by atoms with Gasteiger partial charge in [0.05, 0.1) is 17.6 Å².